The Morgan fingerprint density at radius 3 is 2.40 bits per heavy atom. The monoisotopic (exact) mass is 467 g/mol. The quantitative estimate of drug-likeness (QED) is 0.651. The summed E-state index contributed by atoms with van der Waals surface area (Å²) in [7, 11) is 0. The molecule has 0 aliphatic heterocycles. The van der Waals surface area contributed by atoms with Gasteiger partial charge in [-0.2, -0.15) is 26.3 Å². The number of carbonyl (C=O) groups excluding carboxylic acids is 1. The van der Waals surface area contributed by atoms with Gasteiger partial charge in [0.05, 0.1) is 22.8 Å². The van der Waals surface area contributed by atoms with Crippen LogP contribution in [0.15, 0.2) is 16.2 Å². The van der Waals surface area contributed by atoms with Crippen LogP contribution < -0.4 is 5.32 Å². The molecule has 25 heavy (non-hydrogen) atoms. The number of hydrogen-bond acceptors (Lipinski definition) is 4. The van der Waals surface area contributed by atoms with Gasteiger partial charge in [-0.25, -0.2) is 4.98 Å². The summed E-state index contributed by atoms with van der Waals surface area (Å²) in [6, 6.07) is 0.612. The Kier molecular flexibility index (Phi) is 5.64. The van der Waals surface area contributed by atoms with Crippen molar-refractivity contribution in [1.82, 2.24) is 15.3 Å². The van der Waals surface area contributed by atoms with Crippen molar-refractivity contribution >= 4 is 44.8 Å². The van der Waals surface area contributed by atoms with E-state index in [4.69, 9.17) is 11.6 Å². The molecular formula is C12H5BrClF6N3OS. The van der Waals surface area contributed by atoms with E-state index in [1.807, 2.05) is 0 Å². The van der Waals surface area contributed by atoms with Crippen LogP contribution in [0.2, 0.25) is 5.02 Å². The predicted octanol–water partition coefficient (Wildman–Crippen LogP) is 4.92. The smallest absolute Gasteiger partial charge is 0.346 e. The minimum Gasteiger partial charge on any atom is -0.346 e. The van der Waals surface area contributed by atoms with E-state index in [0.29, 0.717) is 23.6 Å². The molecule has 0 aliphatic rings. The van der Waals surface area contributed by atoms with E-state index in [-0.39, 0.29) is 14.6 Å². The number of hydrogen-bond donors (Lipinski definition) is 1. The summed E-state index contributed by atoms with van der Waals surface area (Å²) in [6.45, 7) is -0.456. The van der Waals surface area contributed by atoms with Crippen LogP contribution in [0.4, 0.5) is 26.3 Å². The van der Waals surface area contributed by atoms with Gasteiger partial charge in [0.25, 0.3) is 5.91 Å². The van der Waals surface area contributed by atoms with Gasteiger partial charge in [0.15, 0.2) is 9.61 Å². The Balaban J connectivity index is 2.16. The van der Waals surface area contributed by atoms with Crippen molar-refractivity contribution in [2.75, 3.05) is 0 Å². The van der Waals surface area contributed by atoms with Crippen molar-refractivity contribution in [1.29, 1.82) is 0 Å². The molecule has 1 amide bonds. The first kappa shape index (κ1) is 19.9. The van der Waals surface area contributed by atoms with Crippen LogP contribution in [0.25, 0.3) is 0 Å². The summed E-state index contributed by atoms with van der Waals surface area (Å²) >= 11 is 8.89. The van der Waals surface area contributed by atoms with Crippen LogP contribution in [-0.4, -0.2) is 15.9 Å². The fourth-order valence-electron chi connectivity index (χ4n) is 1.64. The number of pyridine rings is 1. The molecule has 2 aromatic heterocycles. The van der Waals surface area contributed by atoms with E-state index < -0.39 is 40.9 Å². The third kappa shape index (κ3) is 4.82. The Morgan fingerprint density at radius 1 is 1.24 bits per heavy atom. The number of nitrogens with one attached hydrogen (secondary N) is 1. The van der Waals surface area contributed by atoms with Crippen LogP contribution in [0.5, 0.6) is 0 Å². The summed E-state index contributed by atoms with van der Waals surface area (Å²) in [5.41, 5.74) is -2.58. The number of amides is 1. The van der Waals surface area contributed by atoms with Gasteiger partial charge in [-0.05, 0) is 22.0 Å². The Hall–Kier alpha value is -1.40. The van der Waals surface area contributed by atoms with Gasteiger partial charge in [0.2, 0.25) is 0 Å². The van der Waals surface area contributed by atoms with Gasteiger partial charge < -0.3 is 5.32 Å². The van der Waals surface area contributed by atoms with Gasteiger partial charge in [-0.3, -0.25) is 9.78 Å². The predicted molar refractivity (Wildman–Crippen MR) is 80.2 cm³/mol. The molecule has 0 radical (unpaired) electrons. The molecular weight excluding hydrogens is 464 g/mol. The lowest BCUT2D eigenvalue weighted by atomic mass is 10.2. The summed E-state index contributed by atoms with van der Waals surface area (Å²) in [5, 5.41) is 1.74. The number of carbonyl (C=O) groups is 1. The molecule has 0 fully saturated rings. The third-order valence-electron chi connectivity index (χ3n) is 2.74. The maximum Gasteiger partial charge on any atom is 0.435 e. The first-order valence-electron chi connectivity index (χ1n) is 6.13. The summed E-state index contributed by atoms with van der Waals surface area (Å²) < 4.78 is 75.8. The average Bonchev–Trinajstić information content (AvgIpc) is 2.87. The van der Waals surface area contributed by atoms with E-state index in [1.54, 1.807) is 0 Å². The summed E-state index contributed by atoms with van der Waals surface area (Å²) in [5.74, 6) is -1.10. The Morgan fingerprint density at radius 2 is 1.88 bits per heavy atom. The SMILES string of the molecule is O=C(NCc1ncc(C(F)(F)F)cc1Cl)c1sc(Br)nc1C(F)(F)F. The molecule has 1 N–H and O–H groups in total. The molecule has 2 aromatic rings. The minimum atomic E-state index is -4.83. The highest BCUT2D eigenvalue weighted by atomic mass is 79.9. The molecule has 0 spiro atoms. The van der Waals surface area contributed by atoms with Gasteiger partial charge in [-0.1, -0.05) is 11.6 Å². The second-order valence-electron chi connectivity index (χ2n) is 4.48. The lowest BCUT2D eigenvalue weighted by molar-refractivity contribution is -0.141. The van der Waals surface area contributed by atoms with Crippen molar-refractivity contribution in [3.05, 3.63) is 43.0 Å². The van der Waals surface area contributed by atoms with E-state index in [2.05, 4.69) is 31.2 Å². The van der Waals surface area contributed by atoms with Crippen LogP contribution in [0.1, 0.15) is 26.6 Å². The van der Waals surface area contributed by atoms with Gasteiger partial charge in [0, 0.05) is 6.20 Å². The molecule has 0 saturated heterocycles. The van der Waals surface area contributed by atoms with E-state index in [0.717, 1.165) is 0 Å². The highest BCUT2D eigenvalue weighted by molar-refractivity contribution is 9.11. The number of rotatable bonds is 3. The highest BCUT2D eigenvalue weighted by Gasteiger charge is 2.39. The van der Waals surface area contributed by atoms with Crippen molar-refractivity contribution in [3.8, 4) is 0 Å². The lowest BCUT2D eigenvalue weighted by Crippen LogP contribution is -2.25. The van der Waals surface area contributed by atoms with Crippen molar-refractivity contribution in [2.45, 2.75) is 18.9 Å². The number of nitrogens with zero attached hydrogens (tertiary/aromatic N) is 2. The maximum atomic E-state index is 12.8. The molecule has 4 nitrogen and oxygen atoms in total. The van der Waals surface area contributed by atoms with Crippen molar-refractivity contribution in [3.63, 3.8) is 0 Å². The molecule has 0 aliphatic carbocycles. The van der Waals surface area contributed by atoms with Crippen LogP contribution in [0, 0.1) is 0 Å². The Bertz CT molecular complexity index is 807. The molecule has 2 heterocycles. The molecule has 13 heteroatoms. The van der Waals surface area contributed by atoms with E-state index in [9.17, 15) is 31.1 Å². The summed E-state index contributed by atoms with van der Waals surface area (Å²) in [6.07, 6.45) is -8.97. The fourth-order valence-corrected chi connectivity index (χ4v) is 3.26. The molecule has 0 bridgehead atoms. The molecule has 136 valence electrons. The molecule has 0 saturated carbocycles. The number of alkyl halides is 6. The average molecular weight is 469 g/mol. The molecule has 0 unspecified atom stereocenters. The van der Waals surface area contributed by atoms with Gasteiger partial charge in [-0.15, -0.1) is 11.3 Å². The summed E-state index contributed by atoms with van der Waals surface area (Å²) in [4.78, 5) is 17.9. The lowest BCUT2D eigenvalue weighted by Gasteiger charge is -2.10. The third-order valence-corrected chi connectivity index (χ3v) is 4.57. The zero-order valence-electron chi connectivity index (χ0n) is 11.6. The normalized spacial score (nSPS) is 12.3. The van der Waals surface area contributed by atoms with E-state index in [1.165, 1.54) is 0 Å². The molecule has 2 rings (SSSR count). The number of halogens is 8. The molecule has 0 atom stereocenters. The minimum absolute atomic E-state index is 0.125. The van der Waals surface area contributed by atoms with Crippen LogP contribution >= 0.6 is 38.9 Å². The maximum absolute atomic E-state index is 12.8. The largest absolute Gasteiger partial charge is 0.435 e. The highest BCUT2D eigenvalue weighted by Crippen LogP contribution is 2.36. The van der Waals surface area contributed by atoms with Gasteiger partial charge >= 0.3 is 12.4 Å². The van der Waals surface area contributed by atoms with Gasteiger partial charge in [0.1, 0.15) is 4.88 Å². The first-order chi connectivity index (χ1) is 11.4. The second-order valence-corrected chi connectivity index (χ2v) is 7.16. The molecule has 0 aromatic carbocycles. The number of thiazole rings is 1. The number of aromatic nitrogens is 2. The van der Waals surface area contributed by atoms with Crippen LogP contribution in [-0.2, 0) is 18.9 Å². The zero-order chi connectivity index (χ0) is 19.0. The zero-order valence-corrected chi connectivity index (χ0v) is 14.8. The topological polar surface area (TPSA) is 54.9 Å². The first-order valence-corrected chi connectivity index (χ1v) is 8.11. The van der Waals surface area contributed by atoms with Crippen molar-refractivity contribution < 1.29 is 31.1 Å². The van der Waals surface area contributed by atoms with Crippen LogP contribution in [0.3, 0.4) is 0 Å². The second kappa shape index (κ2) is 7.08. The van der Waals surface area contributed by atoms with Crippen molar-refractivity contribution in [2.24, 2.45) is 0 Å². The fraction of sp³-hybridized carbons (Fsp3) is 0.250. The standard InChI is InChI=1S/C12H5BrClF6N3OS/c13-10-23-8(12(18,19)20)7(25-10)9(24)22-3-6-5(14)1-4(2-21-6)11(15,16)17/h1-2H,3H2,(H,22,24). The Labute approximate surface area is 153 Å². The van der Waals surface area contributed by atoms with E-state index >= 15 is 0 Å².